The third-order valence-electron chi connectivity index (χ3n) is 3.44. The molecule has 0 unspecified atom stereocenters. The third-order valence-corrected chi connectivity index (χ3v) is 3.44. The first-order chi connectivity index (χ1) is 12.1. The van der Waals surface area contributed by atoms with Gasteiger partial charge >= 0.3 is 0 Å². The lowest BCUT2D eigenvalue weighted by atomic mass is 10.1. The molecule has 2 heterocycles. The lowest BCUT2D eigenvalue weighted by molar-refractivity contribution is -0.121. The average molecular weight is 341 g/mol. The summed E-state index contributed by atoms with van der Waals surface area (Å²) < 4.78 is 23.5. The van der Waals surface area contributed by atoms with Gasteiger partial charge in [0.15, 0.2) is 5.76 Å². The Morgan fingerprint density at radius 3 is 2.84 bits per heavy atom. The van der Waals surface area contributed by atoms with Crippen molar-refractivity contribution < 1.29 is 18.4 Å². The summed E-state index contributed by atoms with van der Waals surface area (Å²) in [7, 11) is 0. The van der Waals surface area contributed by atoms with Crippen LogP contribution in [0.2, 0.25) is 0 Å². The summed E-state index contributed by atoms with van der Waals surface area (Å²) in [5.74, 6) is 0.397. The van der Waals surface area contributed by atoms with E-state index in [-0.39, 0.29) is 24.9 Å². The van der Waals surface area contributed by atoms with E-state index in [4.69, 9.17) is 9.26 Å². The number of anilines is 1. The quantitative estimate of drug-likeness (QED) is 0.744. The van der Waals surface area contributed by atoms with Crippen LogP contribution in [0.5, 0.6) is 0 Å². The van der Waals surface area contributed by atoms with Gasteiger partial charge in [0.1, 0.15) is 23.9 Å². The number of aromatic nitrogens is 2. The van der Waals surface area contributed by atoms with E-state index >= 15 is 0 Å². The molecule has 0 saturated heterocycles. The molecule has 7 heteroatoms. The maximum atomic E-state index is 12.9. The van der Waals surface area contributed by atoms with Crippen LogP contribution in [0, 0.1) is 12.7 Å². The van der Waals surface area contributed by atoms with Gasteiger partial charge in [0.2, 0.25) is 0 Å². The Labute approximate surface area is 143 Å². The Morgan fingerprint density at radius 2 is 2.08 bits per heavy atom. The van der Waals surface area contributed by atoms with Crippen molar-refractivity contribution in [2.24, 2.45) is 0 Å². The first-order valence-corrected chi connectivity index (χ1v) is 7.62. The predicted octanol–water partition coefficient (Wildman–Crippen LogP) is 3.34. The Bertz CT molecular complexity index is 862. The van der Waals surface area contributed by atoms with Crippen molar-refractivity contribution in [1.82, 2.24) is 10.1 Å². The zero-order valence-corrected chi connectivity index (χ0v) is 13.5. The standard InChI is InChI=1S/C18H16FN3O3/c1-12-3-2-8-20-18(12)21-17(23)11-24-10-15-9-16(25-22-15)13-4-6-14(19)7-5-13/h2-9H,10-11H2,1H3,(H,20,21,23). The molecule has 0 spiro atoms. The number of nitrogens with one attached hydrogen (secondary N) is 1. The van der Waals surface area contributed by atoms with Crippen LogP contribution in [0.15, 0.2) is 53.2 Å². The number of nitrogens with zero attached hydrogens (tertiary/aromatic N) is 2. The minimum absolute atomic E-state index is 0.124. The van der Waals surface area contributed by atoms with Crippen LogP contribution in [0.25, 0.3) is 11.3 Å². The second kappa shape index (κ2) is 7.67. The zero-order chi connectivity index (χ0) is 17.6. The molecule has 0 aliphatic rings. The summed E-state index contributed by atoms with van der Waals surface area (Å²) in [6.07, 6.45) is 1.61. The molecule has 1 N–H and O–H groups in total. The molecule has 1 amide bonds. The van der Waals surface area contributed by atoms with Crippen LogP contribution in [-0.2, 0) is 16.1 Å². The highest BCUT2D eigenvalue weighted by Gasteiger charge is 2.09. The van der Waals surface area contributed by atoms with Gasteiger partial charge in [0, 0.05) is 17.8 Å². The molecule has 1 aromatic carbocycles. The summed E-state index contributed by atoms with van der Waals surface area (Å²) in [6.45, 7) is 1.85. The van der Waals surface area contributed by atoms with E-state index < -0.39 is 0 Å². The molecule has 6 nitrogen and oxygen atoms in total. The minimum atomic E-state index is -0.319. The number of hydrogen-bond donors (Lipinski definition) is 1. The highest BCUT2D eigenvalue weighted by molar-refractivity contribution is 5.91. The lowest BCUT2D eigenvalue weighted by Crippen LogP contribution is -2.19. The van der Waals surface area contributed by atoms with Gasteiger partial charge in [0.25, 0.3) is 5.91 Å². The van der Waals surface area contributed by atoms with Crippen molar-refractivity contribution in [1.29, 1.82) is 0 Å². The highest BCUT2D eigenvalue weighted by atomic mass is 19.1. The third kappa shape index (κ3) is 4.48. The summed E-state index contributed by atoms with van der Waals surface area (Å²) in [6, 6.07) is 11.2. The largest absolute Gasteiger partial charge is 0.365 e. The van der Waals surface area contributed by atoms with Crippen molar-refractivity contribution >= 4 is 11.7 Å². The molecule has 0 aliphatic carbocycles. The number of carbonyl (C=O) groups is 1. The van der Waals surface area contributed by atoms with E-state index in [2.05, 4.69) is 15.5 Å². The maximum absolute atomic E-state index is 12.9. The molecule has 0 fully saturated rings. The highest BCUT2D eigenvalue weighted by Crippen LogP contribution is 2.20. The van der Waals surface area contributed by atoms with Crippen molar-refractivity contribution in [3.63, 3.8) is 0 Å². The topological polar surface area (TPSA) is 77.2 Å². The number of ether oxygens (including phenoxy) is 1. The number of halogens is 1. The molecular weight excluding hydrogens is 325 g/mol. The van der Waals surface area contributed by atoms with Gasteiger partial charge in [-0.3, -0.25) is 4.79 Å². The molecule has 3 aromatic rings. The number of aryl methyl sites for hydroxylation is 1. The number of carbonyl (C=O) groups excluding carboxylic acids is 1. The predicted molar refractivity (Wildman–Crippen MR) is 89.2 cm³/mol. The second-order valence-electron chi connectivity index (χ2n) is 5.40. The fourth-order valence-corrected chi connectivity index (χ4v) is 2.16. The molecule has 0 saturated carbocycles. The van der Waals surface area contributed by atoms with Crippen molar-refractivity contribution in [2.45, 2.75) is 13.5 Å². The average Bonchev–Trinajstić information content (AvgIpc) is 3.06. The molecule has 0 aliphatic heterocycles. The Hall–Kier alpha value is -3.06. The summed E-state index contributed by atoms with van der Waals surface area (Å²) in [5, 5.41) is 6.55. The number of hydrogen-bond acceptors (Lipinski definition) is 5. The second-order valence-corrected chi connectivity index (χ2v) is 5.40. The van der Waals surface area contributed by atoms with Gasteiger partial charge in [-0.25, -0.2) is 9.37 Å². The molecule has 2 aromatic heterocycles. The van der Waals surface area contributed by atoms with Crippen LogP contribution in [-0.4, -0.2) is 22.7 Å². The number of benzene rings is 1. The van der Waals surface area contributed by atoms with E-state index in [1.54, 1.807) is 30.5 Å². The Balaban J connectivity index is 1.50. The smallest absolute Gasteiger partial charge is 0.251 e. The lowest BCUT2D eigenvalue weighted by Gasteiger charge is -2.06. The van der Waals surface area contributed by atoms with Crippen LogP contribution in [0.4, 0.5) is 10.2 Å². The van der Waals surface area contributed by atoms with Gasteiger partial charge in [-0.15, -0.1) is 0 Å². The molecule has 0 atom stereocenters. The molecule has 25 heavy (non-hydrogen) atoms. The van der Waals surface area contributed by atoms with Gasteiger partial charge < -0.3 is 14.6 Å². The van der Waals surface area contributed by atoms with Crippen LogP contribution < -0.4 is 5.32 Å². The van der Waals surface area contributed by atoms with Crippen molar-refractivity contribution in [3.05, 3.63) is 65.7 Å². The van der Waals surface area contributed by atoms with E-state index in [0.717, 1.165) is 5.56 Å². The summed E-state index contributed by atoms with van der Waals surface area (Å²) >= 11 is 0. The van der Waals surface area contributed by atoms with E-state index in [1.807, 2.05) is 13.0 Å². The fraction of sp³-hybridized carbons (Fsp3) is 0.167. The van der Waals surface area contributed by atoms with Gasteiger partial charge in [-0.1, -0.05) is 11.2 Å². The molecule has 0 bridgehead atoms. The van der Waals surface area contributed by atoms with E-state index in [1.165, 1.54) is 12.1 Å². The monoisotopic (exact) mass is 341 g/mol. The molecule has 128 valence electrons. The SMILES string of the molecule is Cc1cccnc1NC(=O)COCc1cc(-c2ccc(F)cc2)on1. The first-order valence-electron chi connectivity index (χ1n) is 7.62. The molecule has 0 radical (unpaired) electrons. The molecule has 3 rings (SSSR count). The first kappa shape index (κ1) is 16.8. The van der Waals surface area contributed by atoms with Crippen molar-refractivity contribution in [3.8, 4) is 11.3 Å². The number of pyridine rings is 1. The zero-order valence-electron chi connectivity index (χ0n) is 13.5. The maximum Gasteiger partial charge on any atom is 0.251 e. The minimum Gasteiger partial charge on any atom is -0.365 e. The summed E-state index contributed by atoms with van der Waals surface area (Å²) in [5.41, 5.74) is 2.13. The Kier molecular flexibility index (Phi) is 5.15. The summed E-state index contributed by atoms with van der Waals surface area (Å²) in [4.78, 5) is 15.9. The van der Waals surface area contributed by atoms with Crippen LogP contribution in [0.3, 0.4) is 0 Å². The van der Waals surface area contributed by atoms with Crippen molar-refractivity contribution in [2.75, 3.05) is 11.9 Å². The Morgan fingerprint density at radius 1 is 1.28 bits per heavy atom. The normalized spacial score (nSPS) is 10.6. The van der Waals surface area contributed by atoms with Crippen LogP contribution in [0.1, 0.15) is 11.3 Å². The fourth-order valence-electron chi connectivity index (χ4n) is 2.16. The van der Waals surface area contributed by atoms with E-state index in [9.17, 15) is 9.18 Å². The molecular formula is C18H16FN3O3. The number of rotatable bonds is 6. The van der Waals surface area contributed by atoms with E-state index in [0.29, 0.717) is 22.8 Å². The van der Waals surface area contributed by atoms with Gasteiger partial charge in [-0.05, 0) is 42.8 Å². The number of amides is 1. The van der Waals surface area contributed by atoms with Crippen LogP contribution >= 0.6 is 0 Å². The van der Waals surface area contributed by atoms with Gasteiger partial charge in [0.05, 0.1) is 6.61 Å². The van der Waals surface area contributed by atoms with Gasteiger partial charge in [-0.2, -0.15) is 0 Å².